The van der Waals surface area contributed by atoms with Crippen LogP contribution in [0.3, 0.4) is 0 Å². The molecule has 0 aliphatic carbocycles. The van der Waals surface area contributed by atoms with Gasteiger partial charge >= 0.3 is 0 Å². The third kappa shape index (κ3) is 9.04. The molecule has 0 aromatic rings. The second kappa shape index (κ2) is 15.3. The fourth-order valence-electron chi connectivity index (χ4n) is 6.12. The molecule has 9 heteroatoms. The van der Waals surface area contributed by atoms with Crippen molar-refractivity contribution in [3.8, 4) is 0 Å². The highest BCUT2D eigenvalue weighted by molar-refractivity contribution is 5.97. The van der Waals surface area contributed by atoms with Crippen LogP contribution in [0.15, 0.2) is 11.6 Å². The van der Waals surface area contributed by atoms with E-state index >= 15 is 0 Å². The van der Waals surface area contributed by atoms with Gasteiger partial charge in [0.15, 0.2) is 0 Å². The molecule has 0 aromatic carbocycles. The summed E-state index contributed by atoms with van der Waals surface area (Å²) in [5, 5.41) is 6.15. The number of amides is 4. The summed E-state index contributed by atoms with van der Waals surface area (Å²) >= 11 is 0. The predicted octanol–water partition coefficient (Wildman–Crippen LogP) is 4.12. The first-order chi connectivity index (χ1) is 19.5. The van der Waals surface area contributed by atoms with Gasteiger partial charge in [-0.15, -0.1) is 0 Å². The molecule has 0 spiro atoms. The van der Waals surface area contributed by atoms with Crippen LogP contribution >= 0.6 is 0 Å². The van der Waals surface area contributed by atoms with E-state index in [0.29, 0.717) is 18.5 Å². The monoisotopic (exact) mass is 589 g/mol. The van der Waals surface area contributed by atoms with E-state index in [4.69, 9.17) is 0 Å². The zero-order valence-corrected chi connectivity index (χ0v) is 28.3. The van der Waals surface area contributed by atoms with E-state index in [-0.39, 0.29) is 53.7 Å². The Morgan fingerprint density at radius 2 is 1.50 bits per heavy atom. The van der Waals surface area contributed by atoms with E-state index in [1.54, 1.807) is 23.8 Å². The van der Waals surface area contributed by atoms with Crippen LogP contribution in [0.1, 0.15) is 108 Å². The summed E-state index contributed by atoms with van der Waals surface area (Å²) in [5.41, 5.74) is 0.00271. The molecule has 2 fully saturated rings. The van der Waals surface area contributed by atoms with Crippen molar-refractivity contribution < 1.29 is 19.2 Å². The van der Waals surface area contributed by atoms with Gasteiger partial charge in [0.2, 0.25) is 23.6 Å². The Labute approximate surface area is 255 Å². The Bertz CT molecular complexity index is 985. The molecule has 4 amide bonds. The van der Waals surface area contributed by atoms with Crippen molar-refractivity contribution in [2.75, 3.05) is 20.1 Å². The average molecular weight is 590 g/mol. The molecule has 9 nitrogen and oxygen atoms in total. The number of likely N-dealkylation sites (N-methyl/N-ethyl adjacent to an activating group) is 1. The lowest BCUT2D eigenvalue weighted by molar-refractivity contribution is -0.142. The second-order valence-corrected chi connectivity index (χ2v) is 14.2. The molecular formula is C33H59N5O4. The quantitative estimate of drug-likeness (QED) is 0.353. The zero-order valence-electron chi connectivity index (χ0n) is 28.3. The maximum Gasteiger partial charge on any atom is 0.249 e. The first kappa shape index (κ1) is 35.8. The molecule has 2 heterocycles. The van der Waals surface area contributed by atoms with E-state index in [1.165, 1.54) is 0 Å². The number of likely N-dealkylation sites (tertiary alicyclic amines) is 2. The van der Waals surface area contributed by atoms with Gasteiger partial charge in [0.1, 0.15) is 12.1 Å². The zero-order chi connectivity index (χ0) is 31.9. The average Bonchev–Trinajstić information content (AvgIpc) is 3.42. The Morgan fingerprint density at radius 3 is 2.05 bits per heavy atom. The topological polar surface area (TPSA) is 102 Å². The number of nitrogens with zero attached hydrogens (tertiary/aromatic N) is 3. The number of carbonyl (C=O) groups is 4. The van der Waals surface area contributed by atoms with Crippen molar-refractivity contribution in [1.29, 1.82) is 0 Å². The summed E-state index contributed by atoms with van der Waals surface area (Å²) in [6.07, 6.45) is 6.98. The Kier molecular flexibility index (Phi) is 13.1. The smallest absolute Gasteiger partial charge is 0.249 e. The first-order valence-corrected chi connectivity index (χ1v) is 16.1. The third-order valence-corrected chi connectivity index (χ3v) is 8.96. The molecule has 0 bridgehead atoms. The maximum absolute atomic E-state index is 14.1. The van der Waals surface area contributed by atoms with Gasteiger partial charge in [0, 0.05) is 31.2 Å². The molecule has 1 unspecified atom stereocenters. The summed E-state index contributed by atoms with van der Waals surface area (Å²) in [4.78, 5) is 59.7. The van der Waals surface area contributed by atoms with E-state index in [9.17, 15) is 19.2 Å². The number of hydrogen-bond acceptors (Lipinski definition) is 5. The minimum absolute atomic E-state index is 0.0240. The molecule has 0 radical (unpaired) electrons. The SMILES string of the molecule is CC[C@H](C)NC(=O)[C@@H]1CCCN1C(=O)/C(C)=C/[C@H](C(C)C)N(C)C(=O)[C@@H](NC(=O)C1CCCCN1C(C)C)C(C)(C)C. The van der Waals surface area contributed by atoms with Crippen molar-refractivity contribution in [2.45, 2.75) is 144 Å². The first-order valence-electron chi connectivity index (χ1n) is 16.1. The van der Waals surface area contributed by atoms with Crippen LogP contribution in [0.5, 0.6) is 0 Å². The van der Waals surface area contributed by atoms with Crippen molar-refractivity contribution in [3.05, 3.63) is 11.6 Å². The molecule has 2 rings (SSSR count). The molecule has 5 atom stereocenters. The lowest BCUT2D eigenvalue weighted by atomic mass is 9.84. The lowest BCUT2D eigenvalue weighted by Crippen LogP contribution is -2.60. The number of carbonyl (C=O) groups excluding carboxylic acids is 4. The number of hydrogen-bond donors (Lipinski definition) is 2. The standard InChI is InChI=1S/C33H59N5O4/c1-12-24(7)34-29(39)26-17-15-19-38(26)31(41)23(6)20-27(21(2)3)36(11)32(42)28(33(8,9)10)35-30(40)25-16-13-14-18-37(25)22(4)5/h20-22,24-28H,12-19H2,1-11H3,(H,34,39)(H,35,40)/b23-20+/t24-,25?,26-,27+,28+/m0/s1. The Morgan fingerprint density at radius 1 is 0.905 bits per heavy atom. The number of nitrogens with one attached hydrogen (secondary N) is 2. The van der Waals surface area contributed by atoms with E-state index in [1.807, 2.05) is 54.5 Å². The molecule has 42 heavy (non-hydrogen) atoms. The highest BCUT2D eigenvalue weighted by atomic mass is 16.2. The van der Waals surface area contributed by atoms with Gasteiger partial charge in [0.25, 0.3) is 0 Å². The van der Waals surface area contributed by atoms with Gasteiger partial charge in [-0.1, -0.05) is 54.0 Å². The Hall–Kier alpha value is -2.42. The summed E-state index contributed by atoms with van der Waals surface area (Å²) in [6.45, 7) is 21.3. The molecule has 0 saturated carbocycles. The third-order valence-electron chi connectivity index (χ3n) is 8.96. The van der Waals surface area contributed by atoms with Crippen molar-refractivity contribution in [1.82, 2.24) is 25.3 Å². The molecular weight excluding hydrogens is 530 g/mol. The normalized spacial score (nSPS) is 22.6. The molecule has 2 aliphatic heterocycles. The summed E-state index contributed by atoms with van der Waals surface area (Å²) < 4.78 is 0. The minimum atomic E-state index is -0.719. The van der Waals surface area contributed by atoms with Crippen molar-refractivity contribution >= 4 is 23.6 Å². The van der Waals surface area contributed by atoms with Crippen molar-refractivity contribution in [2.24, 2.45) is 11.3 Å². The van der Waals surface area contributed by atoms with Gasteiger partial charge in [-0.2, -0.15) is 0 Å². The predicted molar refractivity (Wildman–Crippen MR) is 169 cm³/mol. The van der Waals surface area contributed by atoms with Crippen molar-refractivity contribution in [3.63, 3.8) is 0 Å². The molecule has 2 saturated heterocycles. The molecule has 0 aromatic heterocycles. The highest BCUT2D eigenvalue weighted by Crippen LogP contribution is 2.27. The van der Waals surface area contributed by atoms with Crippen LogP contribution in [0.4, 0.5) is 0 Å². The van der Waals surface area contributed by atoms with Crippen LogP contribution in [0.25, 0.3) is 0 Å². The summed E-state index contributed by atoms with van der Waals surface area (Å²) in [7, 11) is 1.76. The fraction of sp³-hybridized carbons (Fsp3) is 0.818. The van der Waals surface area contributed by atoms with Gasteiger partial charge in [0.05, 0.1) is 12.1 Å². The van der Waals surface area contributed by atoms with Crippen LogP contribution < -0.4 is 10.6 Å². The molecule has 2 aliphatic rings. The van der Waals surface area contributed by atoms with Crippen LogP contribution in [-0.4, -0.2) is 94.7 Å². The highest BCUT2D eigenvalue weighted by Gasteiger charge is 2.40. The Balaban J connectivity index is 2.26. The van der Waals surface area contributed by atoms with E-state index < -0.39 is 17.5 Å². The summed E-state index contributed by atoms with van der Waals surface area (Å²) in [6, 6.07) is -1.49. The minimum Gasteiger partial charge on any atom is -0.352 e. The van der Waals surface area contributed by atoms with Gasteiger partial charge in [-0.25, -0.2) is 0 Å². The maximum atomic E-state index is 14.1. The molecule has 240 valence electrons. The lowest BCUT2D eigenvalue weighted by Gasteiger charge is -2.41. The second-order valence-electron chi connectivity index (χ2n) is 14.2. The van der Waals surface area contributed by atoms with Crippen LogP contribution in [0, 0.1) is 11.3 Å². The van der Waals surface area contributed by atoms with Gasteiger partial charge in [-0.05, 0) is 77.7 Å². The summed E-state index contributed by atoms with van der Waals surface area (Å²) in [5.74, 6) is -0.520. The number of rotatable bonds is 11. The van der Waals surface area contributed by atoms with Crippen LogP contribution in [0.2, 0.25) is 0 Å². The number of piperidine rings is 1. The van der Waals surface area contributed by atoms with Crippen LogP contribution in [-0.2, 0) is 19.2 Å². The van der Waals surface area contributed by atoms with Gasteiger partial charge < -0.3 is 20.4 Å². The fourth-order valence-corrected chi connectivity index (χ4v) is 6.12. The molecule has 2 N–H and O–H groups in total. The van der Waals surface area contributed by atoms with E-state index in [0.717, 1.165) is 38.6 Å². The van der Waals surface area contributed by atoms with Gasteiger partial charge in [-0.3, -0.25) is 24.1 Å². The largest absolute Gasteiger partial charge is 0.352 e. The van der Waals surface area contributed by atoms with E-state index in [2.05, 4.69) is 29.4 Å².